The topological polar surface area (TPSA) is 79.6 Å². The van der Waals surface area contributed by atoms with Gasteiger partial charge >= 0.3 is 0 Å². The van der Waals surface area contributed by atoms with Crippen LogP contribution < -0.4 is 10.3 Å². The van der Waals surface area contributed by atoms with E-state index in [9.17, 15) is 9.90 Å². The number of aromatic nitrogens is 2. The molecule has 2 aromatic rings. The lowest BCUT2D eigenvalue weighted by Crippen LogP contribution is -2.13. The van der Waals surface area contributed by atoms with E-state index in [1.54, 1.807) is 23.9 Å². The molecule has 1 saturated carbocycles. The second-order valence-electron chi connectivity index (χ2n) is 6.55. The van der Waals surface area contributed by atoms with Crippen LogP contribution in [-0.4, -0.2) is 27.0 Å². The maximum atomic E-state index is 12.7. The highest BCUT2D eigenvalue weighted by Gasteiger charge is 2.32. The first-order chi connectivity index (χ1) is 12.1. The quantitative estimate of drug-likeness (QED) is 0.871. The van der Waals surface area contributed by atoms with Gasteiger partial charge in [-0.3, -0.25) is 14.6 Å². The summed E-state index contributed by atoms with van der Waals surface area (Å²) in [7, 11) is 1.52. The molecule has 1 aliphatic carbocycles. The van der Waals surface area contributed by atoms with E-state index in [0.717, 1.165) is 29.3 Å². The average molecular weight is 359 g/mol. The molecule has 0 radical (unpaired) electrons. The minimum atomic E-state index is -0.159. The van der Waals surface area contributed by atoms with Gasteiger partial charge in [-0.15, -0.1) is 0 Å². The molecule has 0 bridgehead atoms. The van der Waals surface area contributed by atoms with E-state index in [0.29, 0.717) is 17.4 Å². The van der Waals surface area contributed by atoms with Crippen LogP contribution in [0.15, 0.2) is 28.0 Å². The molecule has 4 rings (SSSR count). The summed E-state index contributed by atoms with van der Waals surface area (Å²) in [4.78, 5) is 17.4. The van der Waals surface area contributed by atoms with Crippen LogP contribution in [0.3, 0.4) is 0 Å². The molecule has 0 spiro atoms. The summed E-state index contributed by atoms with van der Waals surface area (Å²) < 4.78 is 7.20. The third kappa shape index (κ3) is 2.76. The van der Waals surface area contributed by atoms with Gasteiger partial charge in [0, 0.05) is 0 Å². The Hall–Kier alpha value is -2.15. The molecule has 2 N–H and O–H groups in total. The minimum absolute atomic E-state index is 0.0808. The lowest BCUT2D eigenvalue weighted by atomic mass is 10.1. The van der Waals surface area contributed by atoms with Crippen molar-refractivity contribution in [2.75, 3.05) is 7.11 Å². The van der Waals surface area contributed by atoms with Crippen molar-refractivity contribution < 1.29 is 9.84 Å². The van der Waals surface area contributed by atoms with Crippen molar-refractivity contribution in [2.24, 2.45) is 4.99 Å². The van der Waals surface area contributed by atoms with Crippen LogP contribution in [0.25, 0.3) is 0 Å². The molecule has 6 nitrogen and oxygen atoms in total. The zero-order valence-corrected chi connectivity index (χ0v) is 15.1. The lowest BCUT2D eigenvalue weighted by molar-refractivity contribution is 0.373. The fourth-order valence-corrected chi connectivity index (χ4v) is 4.82. The standard InChI is InChI=1S/C18H21N3O3S/c1-10-19-17-15(18(23)20-21(17)12-5-3-4-6-12)16(25-10)11-7-8-13(22)14(9-11)24-2/h7-9,12,16,22H,3-6H2,1-2H3,(H,20,23)/t16-/m0/s1. The van der Waals surface area contributed by atoms with Gasteiger partial charge in [0.05, 0.1) is 29.0 Å². The molecule has 7 heteroatoms. The van der Waals surface area contributed by atoms with Crippen LogP contribution in [0.5, 0.6) is 11.5 Å². The smallest absolute Gasteiger partial charge is 0.271 e. The molecule has 0 unspecified atom stereocenters. The Morgan fingerprint density at radius 2 is 2.12 bits per heavy atom. The molecule has 2 heterocycles. The van der Waals surface area contributed by atoms with Crippen LogP contribution in [0.1, 0.15) is 55.0 Å². The summed E-state index contributed by atoms with van der Waals surface area (Å²) in [6.45, 7) is 1.97. The van der Waals surface area contributed by atoms with Crippen molar-refractivity contribution in [3.05, 3.63) is 39.7 Å². The molecular formula is C18H21N3O3S. The second kappa shape index (κ2) is 6.29. The number of benzene rings is 1. The average Bonchev–Trinajstić information content (AvgIpc) is 3.23. The number of aromatic hydroxyl groups is 1. The van der Waals surface area contributed by atoms with E-state index in [4.69, 9.17) is 4.74 Å². The number of rotatable bonds is 3. The Balaban J connectivity index is 1.83. The second-order valence-corrected chi connectivity index (χ2v) is 7.84. The molecule has 0 amide bonds. The zero-order chi connectivity index (χ0) is 17.6. The number of ether oxygens (including phenoxy) is 1. The maximum Gasteiger partial charge on any atom is 0.271 e. The number of hydrogen-bond donors (Lipinski definition) is 2. The molecule has 1 aromatic heterocycles. The van der Waals surface area contributed by atoms with E-state index in [-0.39, 0.29) is 16.6 Å². The molecule has 1 aromatic carbocycles. The Bertz CT molecular complexity index is 893. The van der Waals surface area contributed by atoms with Gasteiger partial charge in [-0.05, 0) is 37.5 Å². The number of aliphatic imine (C=N–C) groups is 1. The molecule has 1 atom stereocenters. The number of thioether (sulfide) groups is 1. The first kappa shape index (κ1) is 16.3. The number of aromatic amines is 1. The third-order valence-corrected chi connectivity index (χ3v) is 6.12. The van der Waals surface area contributed by atoms with Crippen molar-refractivity contribution in [3.63, 3.8) is 0 Å². The molecular weight excluding hydrogens is 338 g/mol. The Morgan fingerprint density at radius 3 is 2.84 bits per heavy atom. The molecule has 0 saturated heterocycles. The maximum absolute atomic E-state index is 12.7. The first-order valence-corrected chi connectivity index (χ1v) is 9.39. The largest absolute Gasteiger partial charge is 0.504 e. The normalized spacial score (nSPS) is 20.4. The van der Waals surface area contributed by atoms with Gasteiger partial charge in [-0.25, -0.2) is 4.99 Å². The predicted molar refractivity (Wildman–Crippen MR) is 99.4 cm³/mol. The molecule has 25 heavy (non-hydrogen) atoms. The minimum Gasteiger partial charge on any atom is -0.504 e. The number of nitrogens with zero attached hydrogens (tertiary/aromatic N) is 2. The van der Waals surface area contributed by atoms with E-state index >= 15 is 0 Å². The number of methoxy groups -OCH3 is 1. The van der Waals surface area contributed by atoms with Crippen LogP contribution in [0.4, 0.5) is 5.82 Å². The van der Waals surface area contributed by atoms with E-state index < -0.39 is 0 Å². The SMILES string of the molecule is COc1cc([C@@H]2SC(C)=Nc3c2c(=O)[nH]n3C2CCCC2)ccc1O. The van der Waals surface area contributed by atoms with Crippen LogP contribution >= 0.6 is 11.8 Å². The Kier molecular flexibility index (Phi) is 4.11. The number of nitrogens with one attached hydrogen (secondary N) is 1. The fourth-order valence-electron chi connectivity index (χ4n) is 3.73. The van der Waals surface area contributed by atoms with Crippen molar-refractivity contribution in [1.29, 1.82) is 0 Å². The number of H-pyrrole nitrogens is 1. The molecule has 1 aliphatic heterocycles. The van der Waals surface area contributed by atoms with Crippen molar-refractivity contribution in [3.8, 4) is 11.5 Å². The summed E-state index contributed by atoms with van der Waals surface area (Å²) in [5, 5.41) is 13.6. The Morgan fingerprint density at radius 1 is 1.36 bits per heavy atom. The highest BCUT2D eigenvalue weighted by atomic mass is 32.2. The van der Waals surface area contributed by atoms with E-state index in [1.165, 1.54) is 20.0 Å². The summed E-state index contributed by atoms with van der Waals surface area (Å²) in [6.07, 6.45) is 4.54. The first-order valence-electron chi connectivity index (χ1n) is 8.51. The van der Waals surface area contributed by atoms with Crippen molar-refractivity contribution in [2.45, 2.75) is 43.9 Å². The van der Waals surface area contributed by atoms with Gasteiger partial charge in [0.1, 0.15) is 0 Å². The Labute approximate surface area is 149 Å². The van der Waals surface area contributed by atoms with Gasteiger partial charge in [0.25, 0.3) is 5.56 Å². The fraction of sp³-hybridized carbons (Fsp3) is 0.444. The molecule has 1 fully saturated rings. The highest BCUT2D eigenvalue weighted by molar-refractivity contribution is 8.14. The van der Waals surface area contributed by atoms with Crippen LogP contribution in [0, 0.1) is 0 Å². The van der Waals surface area contributed by atoms with Crippen LogP contribution in [0.2, 0.25) is 0 Å². The summed E-state index contributed by atoms with van der Waals surface area (Å²) in [6, 6.07) is 5.56. The predicted octanol–water partition coefficient (Wildman–Crippen LogP) is 3.89. The van der Waals surface area contributed by atoms with Gasteiger partial charge in [-0.2, -0.15) is 0 Å². The summed E-state index contributed by atoms with van der Waals surface area (Å²) in [5.74, 6) is 1.26. The third-order valence-electron chi connectivity index (χ3n) is 4.95. The monoisotopic (exact) mass is 359 g/mol. The van der Waals surface area contributed by atoms with E-state index in [2.05, 4.69) is 10.1 Å². The van der Waals surface area contributed by atoms with Crippen molar-refractivity contribution in [1.82, 2.24) is 9.78 Å². The van der Waals surface area contributed by atoms with Crippen molar-refractivity contribution >= 4 is 22.6 Å². The highest BCUT2D eigenvalue weighted by Crippen LogP contribution is 2.46. The van der Waals surface area contributed by atoms with Gasteiger partial charge in [0.2, 0.25) is 0 Å². The van der Waals surface area contributed by atoms with Gasteiger partial charge in [-0.1, -0.05) is 30.7 Å². The van der Waals surface area contributed by atoms with Gasteiger partial charge in [0.15, 0.2) is 17.3 Å². The number of phenols is 1. The van der Waals surface area contributed by atoms with Crippen LogP contribution in [-0.2, 0) is 0 Å². The molecule has 2 aliphatic rings. The summed E-state index contributed by atoms with van der Waals surface area (Å²) in [5.41, 5.74) is 1.53. The zero-order valence-electron chi connectivity index (χ0n) is 14.3. The van der Waals surface area contributed by atoms with E-state index in [1.807, 2.05) is 17.7 Å². The summed E-state index contributed by atoms with van der Waals surface area (Å²) >= 11 is 1.56. The van der Waals surface area contributed by atoms with Gasteiger partial charge < -0.3 is 9.84 Å². The lowest BCUT2D eigenvalue weighted by Gasteiger charge is -2.22. The number of phenolic OH excluding ortho intramolecular Hbond substituents is 1. The molecule has 132 valence electrons. The number of hydrogen-bond acceptors (Lipinski definition) is 5. The number of fused-ring (bicyclic) bond motifs is 1.